The minimum absolute atomic E-state index is 0.0903. The molecule has 0 aromatic heterocycles. The molecule has 1 saturated carbocycles. The van der Waals surface area contributed by atoms with Crippen molar-refractivity contribution in [3.63, 3.8) is 0 Å². The molecular weight excluding hydrogens is 251 g/mol. The average molecular weight is 261 g/mol. The largest absolute Gasteiger partial charge is 0.492 e. The lowest BCUT2D eigenvalue weighted by atomic mass is 10.3. The second kappa shape index (κ2) is 4.52. The Morgan fingerprint density at radius 2 is 2.25 bits per heavy atom. The molecule has 0 aliphatic heterocycles. The Balaban J connectivity index is 1.91. The van der Waals surface area contributed by atoms with Gasteiger partial charge in [-0.2, -0.15) is 0 Å². The first-order valence-corrected chi connectivity index (χ1v) is 5.65. The van der Waals surface area contributed by atoms with E-state index in [2.05, 4.69) is 0 Å². The number of hydrogen-bond donors (Lipinski definition) is 1. The van der Waals surface area contributed by atoms with E-state index in [4.69, 9.17) is 33.0 Å². The Hall–Kier alpha value is -0.930. The number of carboxylic acid groups (broad SMARTS) is 1. The van der Waals surface area contributed by atoms with Crippen LogP contribution in [0.4, 0.5) is 0 Å². The molecule has 86 valence electrons. The SMILES string of the molecule is O=C(O)C1CC1COc1cccc(Cl)c1Cl. The number of halogens is 2. The van der Waals surface area contributed by atoms with Crippen LogP contribution in [0.15, 0.2) is 18.2 Å². The lowest BCUT2D eigenvalue weighted by Gasteiger charge is -2.07. The number of ether oxygens (including phenoxy) is 1. The molecule has 1 aromatic carbocycles. The molecule has 2 atom stereocenters. The number of carboxylic acids is 1. The quantitative estimate of drug-likeness (QED) is 0.905. The van der Waals surface area contributed by atoms with Gasteiger partial charge in [-0.25, -0.2) is 0 Å². The lowest BCUT2D eigenvalue weighted by molar-refractivity contribution is -0.138. The van der Waals surface area contributed by atoms with Crippen LogP contribution in [0.5, 0.6) is 5.75 Å². The highest BCUT2D eigenvalue weighted by Gasteiger charge is 2.43. The second-order valence-corrected chi connectivity index (χ2v) is 4.59. The van der Waals surface area contributed by atoms with E-state index in [0.717, 1.165) is 0 Å². The zero-order valence-electron chi connectivity index (χ0n) is 8.32. The van der Waals surface area contributed by atoms with E-state index < -0.39 is 5.97 Å². The molecule has 0 radical (unpaired) electrons. The summed E-state index contributed by atoms with van der Waals surface area (Å²) < 4.78 is 5.44. The van der Waals surface area contributed by atoms with Crippen LogP contribution >= 0.6 is 23.2 Å². The van der Waals surface area contributed by atoms with Crippen LogP contribution in [0.1, 0.15) is 6.42 Å². The summed E-state index contributed by atoms with van der Waals surface area (Å²) in [6, 6.07) is 5.13. The number of aliphatic carboxylic acids is 1. The molecule has 1 N–H and O–H groups in total. The van der Waals surface area contributed by atoms with Gasteiger partial charge in [0.15, 0.2) is 0 Å². The van der Waals surface area contributed by atoms with Gasteiger partial charge < -0.3 is 9.84 Å². The van der Waals surface area contributed by atoms with E-state index in [-0.39, 0.29) is 11.8 Å². The molecule has 0 bridgehead atoms. The van der Waals surface area contributed by atoms with Crippen molar-refractivity contribution in [2.75, 3.05) is 6.61 Å². The van der Waals surface area contributed by atoms with E-state index in [9.17, 15) is 4.79 Å². The number of benzene rings is 1. The van der Waals surface area contributed by atoms with Crippen LogP contribution < -0.4 is 4.74 Å². The Kier molecular flexibility index (Phi) is 3.26. The molecule has 1 fully saturated rings. The highest BCUT2D eigenvalue weighted by atomic mass is 35.5. The number of carbonyl (C=O) groups is 1. The fourth-order valence-electron chi connectivity index (χ4n) is 1.53. The molecule has 1 aliphatic rings. The summed E-state index contributed by atoms with van der Waals surface area (Å²) in [4.78, 5) is 10.6. The fourth-order valence-corrected chi connectivity index (χ4v) is 1.87. The van der Waals surface area contributed by atoms with Crippen LogP contribution in [-0.4, -0.2) is 17.7 Å². The van der Waals surface area contributed by atoms with Gasteiger partial charge in [-0.1, -0.05) is 29.3 Å². The van der Waals surface area contributed by atoms with Crippen LogP contribution in [0.2, 0.25) is 10.0 Å². The summed E-state index contributed by atoms with van der Waals surface area (Å²) in [6.07, 6.45) is 0.674. The van der Waals surface area contributed by atoms with Gasteiger partial charge in [0, 0.05) is 5.92 Å². The van der Waals surface area contributed by atoms with Gasteiger partial charge in [-0.05, 0) is 18.6 Å². The van der Waals surface area contributed by atoms with Gasteiger partial charge in [-0.15, -0.1) is 0 Å². The number of rotatable bonds is 4. The van der Waals surface area contributed by atoms with E-state index >= 15 is 0 Å². The molecule has 5 heteroatoms. The topological polar surface area (TPSA) is 46.5 Å². The fraction of sp³-hybridized carbons (Fsp3) is 0.364. The van der Waals surface area contributed by atoms with Crippen molar-refractivity contribution >= 4 is 29.2 Å². The highest BCUT2D eigenvalue weighted by molar-refractivity contribution is 6.42. The monoisotopic (exact) mass is 260 g/mol. The summed E-state index contributed by atoms with van der Waals surface area (Å²) in [6.45, 7) is 0.372. The van der Waals surface area contributed by atoms with Gasteiger partial charge in [0.25, 0.3) is 0 Å². The van der Waals surface area contributed by atoms with Crippen molar-refractivity contribution in [1.29, 1.82) is 0 Å². The summed E-state index contributed by atoms with van der Waals surface area (Å²) in [5, 5.41) is 9.52. The van der Waals surface area contributed by atoms with Crippen molar-refractivity contribution in [3.05, 3.63) is 28.2 Å². The zero-order chi connectivity index (χ0) is 11.7. The maximum atomic E-state index is 10.6. The molecule has 3 nitrogen and oxygen atoms in total. The van der Waals surface area contributed by atoms with Crippen LogP contribution in [0, 0.1) is 11.8 Å². The summed E-state index contributed by atoms with van der Waals surface area (Å²) in [7, 11) is 0. The molecule has 2 rings (SSSR count). The van der Waals surface area contributed by atoms with Crippen LogP contribution in [-0.2, 0) is 4.79 Å². The summed E-state index contributed by atoms with van der Waals surface area (Å²) in [5.41, 5.74) is 0. The lowest BCUT2D eigenvalue weighted by Crippen LogP contribution is -2.06. The maximum absolute atomic E-state index is 10.6. The van der Waals surface area contributed by atoms with Crippen molar-refractivity contribution in [3.8, 4) is 5.75 Å². The van der Waals surface area contributed by atoms with Crippen molar-refractivity contribution in [2.45, 2.75) is 6.42 Å². The first kappa shape index (κ1) is 11.6. The van der Waals surface area contributed by atoms with Crippen molar-refractivity contribution in [2.24, 2.45) is 11.8 Å². The normalized spacial score (nSPS) is 22.9. The summed E-state index contributed by atoms with van der Waals surface area (Å²) >= 11 is 11.7. The minimum Gasteiger partial charge on any atom is -0.492 e. The van der Waals surface area contributed by atoms with Crippen molar-refractivity contribution in [1.82, 2.24) is 0 Å². The van der Waals surface area contributed by atoms with E-state index in [1.807, 2.05) is 0 Å². The molecule has 16 heavy (non-hydrogen) atoms. The first-order chi connectivity index (χ1) is 7.59. The second-order valence-electron chi connectivity index (χ2n) is 3.80. The Labute approximate surface area is 103 Å². The molecule has 0 amide bonds. The predicted molar refractivity (Wildman–Crippen MR) is 61.2 cm³/mol. The van der Waals surface area contributed by atoms with Gasteiger partial charge in [0.1, 0.15) is 10.8 Å². The molecular formula is C11H10Cl2O3. The molecule has 0 heterocycles. The molecule has 1 aromatic rings. The highest BCUT2D eigenvalue weighted by Crippen LogP contribution is 2.40. The van der Waals surface area contributed by atoms with Gasteiger partial charge in [0.2, 0.25) is 0 Å². The Morgan fingerprint density at radius 1 is 1.50 bits per heavy atom. The molecule has 1 aliphatic carbocycles. The predicted octanol–water partition coefficient (Wildman–Crippen LogP) is 3.09. The molecule has 0 spiro atoms. The average Bonchev–Trinajstić information content (AvgIpc) is 3.00. The Morgan fingerprint density at radius 3 is 2.88 bits per heavy atom. The minimum atomic E-state index is -0.759. The Bertz CT molecular complexity index is 420. The van der Waals surface area contributed by atoms with Crippen LogP contribution in [0.3, 0.4) is 0 Å². The molecule has 2 unspecified atom stereocenters. The van der Waals surface area contributed by atoms with Crippen molar-refractivity contribution < 1.29 is 14.6 Å². The van der Waals surface area contributed by atoms with E-state index in [1.165, 1.54) is 0 Å². The zero-order valence-corrected chi connectivity index (χ0v) is 9.83. The third kappa shape index (κ3) is 2.42. The third-order valence-corrected chi connectivity index (χ3v) is 3.41. The standard InChI is InChI=1S/C11H10Cl2O3/c12-8-2-1-3-9(10(8)13)16-5-6-4-7(6)11(14)15/h1-3,6-7H,4-5H2,(H,14,15). The smallest absolute Gasteiger partial charge is 0.306 e. The molecule has 0 saturated heterocycles. The van der Waals surface area contributed by atoms with E-state index in [0.29, 0.717) is 28.8 Å². The van der Waals surface area contributed by atoms with Crippen LogP contribution in [0.25, 0.3) is 0 Å². The maximum Gasteiger partial charge on any atom is 0.306 e. The third-order valence-electron chi connectivity index (χ3n) is 2.61. The first-order valence-electron chi connectivity index (χ1n) is 4.89. The van der Waals surface area contributed by atoms with Gasteiger partial charge in [-0.3, -0.25) is 4.79 Å². The number of hydrogen-bond acceptors (Lipinski definition) is 2. The van der Waals surface area contributed by atoms with Gasteiger partial charge in [0.05, 0.1) is 17.5 Å². The summed E-state index contributed by atoms with van der Waals surface area (Å²) in [5.74, 6) is -0.429. The van der Waals surface area contributed by atoms with E-state index in [1.54, 1.807) is 18.2 Å². The van der Waals surface area contributed by atoms with Gasteiger partial charge >= 0.3 is 5.97 Å².